The number of nitrogens with zero attached hydrogens (tertiary/aromatic N) is 1. The van der Waals surface area contributed by atoms with Crippen molar-refractivity contribution in [1.29, 1.82) is 0 Å². The number of carbonyl (C=O) groups is 2. The Morgan fingerprint density at radius 2 is 1.86 bits per heavy atom. The lowest BCUT2D eigenvalue weighted by Gasteiger charge is -2.25. The minimum Gasteiger partial charge on any atom is -0.478 e. The number of ketones is 1. The molecule has 0 amide bonds. The van der Waals surface area contributed by atoms with Crippen molar-refractivity contribution in [2.75, 3.05) is 6.61 Å². The molecule has 0 bridgehead atoms. The molecule has 1 heterocycles. The van der Waals surface area contributed by atoms with Crippen LogP contribution in [0.3, 0.4) is 0 Å². The van der Waals surface area contributed by atoms with Crippen LogP contribution in [0.15, 0.2) is 54.2 Å². The molecule has 2 aromatic carbocycles. The van der Waals surface area contributed by atoms with Gasteiger partial charge in [-0.3, -0.25) is 19.7 Å². The van der Waals surface area contributed by atoms with Crippen LogP contribution in [0.1, 0.15) is 35.7 Å². The maximum atomic E-state index is 12.9. The Morgan fingerprint density at radius 3 is 2.55 bits per heavy atom. The van der Waals surface area contributed by atoms with E-state index >= 15 is 0 Å². The number of halogens is 1. The number of nitro groups is 1. The van der Waals surface area contributed by atoms with Crippen LogP contribution in [0.2, 0.25) is 5.02 Å². The van der Waals surface area contributed by atoms with Crippen molar-refractivity contribution in [1.82, 2.24) is 0 Å². The quantitative estimate of drug-likeness (QED) is 0.289. The smallest absolute Gasteiger partial charge is 0.310 e. The summed E-state index contributed by atoms with van der Waals surface area (Å²) < 4.78 is 10.6. The largest absolute Gasteiger partial charge is 0.478 e. The summed E-state index contributed by atoms with van der Waals surface area (Å²) in [6.45, 7) is 1.80. The van der Waals surface area contributed by atoms with Crippen LogP contribution in [-0.4, -0.2) is 29.4 Å². The lowest BCUT2D eigenvalue weighted by atomic mass is 9.90. The van der Waals surface area contributed by atoms with Crippen molar-refractivity contribution in [3.8, 4) is 5.75 Å². The van der Waals surface area contributed by atoms with E-state index in [0.717, 1.165) is 0 Å². The predicted octanol–water partition coefficient (Wildman–Crippen LogP) is 4.32. The molecule has 29 heavy (non-hydrogen) atoms. The van der Waals surface area contributed by atoms with Crippen LogP contribution in [-0.2, 0) is 9.53 Å². The summed E-state index contributed by atoms with van der Waals surface area (Å²) in [5.41, 5.74) is 0.600. The molecule has 1 atom stereocenters. The van der Waals surface area contributed by atoms with E-state index in [9.17, 15) is 19.7 Å². The van der Waals surface area contributed by atoms with E-state index in [1.807, 2.05) is 0 Å². The van der Waals surface area contributed by atoms with E-state index in [1.165, 1.54) is 0 Å². The summed E-state index contributed by atoms with van der Waals surface area (Å²) in [4.78, 5) is 36.1. The number of benzene rings is 2. The minimum absolute atomic E-state index is 0.150. The zero-order valence-electron chi connectivity index (χ0n) is 15.6. The van der Waals surface area contributed by atoms with Crippen LogP contribution in [0.25, 0.3) is 5.57 Å². The van der Waals surface area contributed by atoms with Crippen LogP contribution in [0, 0.1) is 10.1 Å². The topological polar surface area (TPSA) is 95.7 Å². The number of rotatable bonds is 7. The third kappa shape index (κ3) is 4.46. The van der Waals surface area contributed by atoms with Crippen molar-refractivity contribution in [2.45, 2.75) is 25.9 Å². The third-order valence-corrected chi connectivity index (χ3v) is 4.79. The molecule has 7 nitrogen and oxygen atoms in total. The first-order valence-electron chi connectivity index (χ1n) is 8.99. The molecule has 2 aromatic rings. The van der Waals surface area contributed by atoms with Crippen LogP contribution >= 0.6 is 11.6 Å². The molecule has 8 heteroatoms. The Hall–Kier alpha value is -3.19. The molecular weight excluding hydrogens is 398 g/mol. The lowest BCUT2D eigenvalue weighted by Crippen LogP contribution is -2.32. The van der Waals surface area contributed by atoms with Crippen LogP contribution in [0.4, 0.5) is 0 Å². The maximum absolute atomic E-state index is 12.9. The Kier molecular flexibility index (Phi) is 6.29. The summed E-state index contributed by atoms with van der Waals surface area (Å²) >= 11 is 6.11. The highest BCUT2D eigenvalue weighted by Crippen LogP contribution is 2.39. The summed E-state index contributed by atoms with van der Waals surface area (Å²) in [6, 6.07) is 13.2. The molecule has 0 N–H and O–H groups in total. The van der Waals surface area contributed by atoms with Crippen molar-refractivity contribution >= 4 is 28.9 Å². The van der Waals surface area contributed by atoms with Gasteiger partial charge in [-0.05, 0) is 25.1 Å². The molecular formula is C21H18ClNO6. The predicted molar refractivity (Wildman–Crippen MR) is 106 cm³/mol. The second-order valence-corrected chi connectivity index (χ2v) is 6.72. The molecule has 0 radical (unpaired) electrons. The Bertz CT molecular complexity index is 1000. The highest BCUT2D eigenvalue weighted by atomic mass is 35.5. The SMILES string of the molecule is CCOC(=O)C[C@@H]1Oc2ccccc2C(CC(=O)c2ccccc2Cl)=C1[N+](=O)[O-]. The average molecular weight is 416 g/mol. The van der Waals surface area contributed by atoms with Gasteiger partial charge in [-0.25, -0.2) is 0 Å². The molecule has 0 aromatic heterocycles. The standard InChI is InChI=1S/C21H18ClNO6/c1-2-28-20(25)12-19-21(23(26)27)15(13-7-4-6-10-18(13)29-19)11-17(24)14-8-3-5-9-16(14)22/h3-10,19H,2,11-12H2,1H3/t19-/m0/s1. The van der Waals surface area contributed by atoms with Gasteiger partial charge in [-0.15, -0.1) is 0 Å². The van der Waals surface area contributed by atoms with E-state index in [-0.39, 0.29) is 47.1 Å². The summed E-state index contributed by atoms with van der Waals surface area (Å²) in [6.07, 6.45) is -1.74. The van der Waals surface area contributed by atoms with Gasteiger partial charge in [-0.1, -0.05) is 41.9 Å². The van der Waals surface area contributed by atoms with Gasteiger partial charge < -0.3 is 9.47 Å². The Labute approximate surface area is 172 Å². The summed E-state index contributed by atoms with van der Waals surface area (Å²) in [5, 5.41) is 12.2. The maximum Gasteiger partial charge on any atom is 0.310 e. The number of hydrogen-bond donors (Lipinski definition) is 0. The zero-order valence-corrected chi connectivity index (χ0v) is 16.3. The number of allylic oxidation sites excluding steroid dienone is 1. The fourth-order valence-corrected chi connectivity index (χ4v) is 3.47. The second-order valence-electron chi connectivity index (χ2n) is 6.31. The number of para-hydroxylation sites is 1. The zero-order chi connectivity index (χ0) is 21.0. The Balaban J connectivity index is 2.06. The first kappa shape index (κ1) is 20.5. The number of esters is 1. The normalized spacial score (nSPS) is 15.3. The molecule has 1 aliphatic rings. The molecule has 0 saturated heterocycles. The average Bonchev–Trinajstić information content (AvgIpc) is 2.68. The van der Waals surface area contributed by atoms with Crippen LogP contribution in [0.5, 0.6) is 5.75 Å². The molecule has 3 rings (SSSR count). The number of carbonyl (C=O) groups excluding carboxylic acids is 2. The van der Waals surface area contributed by atoms with Crippen molar-refractivity contribution in [3.05, 3.63) is 80.5 Å². The fourth-order valence-electron chi connectivity index (χ4n) is 3.23. The van der Waals surface area contributed by atoms with E-state index in [1.54, 1.807) is 55.5 Å². The summed E-state index contributed by atoms with van der Waals surface area (Å²) in [7, 11) is 0. The fraction of sp³-hybridized carbons (Fsp3) is 0.238. The van der Waals surface area contributed by atoms with Gasteiger partial charge in [0, 0.05) is 23.1 Å². The number of ether oxygens (including phenoxy) is 2. The molecule has 150 valence electrons. The van der Waals surface area contributed by atoms with Gasteiger partial charge >= 0.3 is 5.97 Å². The molecule has 1 aliphatic heterocycles. The highest BCUT2D eigenvalue weighted by Gasteiger charge is 2.39. The van der Waals surface area contributed by atoms with E-state index < -0.39 is 17.0 Å². The lowest BCUT2D eigenvalue weighted by molar-refractivity contribution is -0.434. The van der Waals surface area contributed by atoms with E-state index in [0.29, 0.717) is 11.3 Å². The van der Waals surface area contributed by atoms with E-state index in [4.69, 9.17) is 21.1 Å². The first-order valence-corrected chi connectivity index (χ1v) is 9.37. The van der Waals surface area contributed by atoms with Crippen LogP contribution < -0.4 is 4.74 Å². The van der Waals surface area contributed by atoms with Gasteiger partial charge in [0.25, 0.3) is 5.70 Å². The molecule has 0 saturated carbocycles. The third-order valence-electron chi connectivity index (χ3n) is 4.46. The van der Waals surface area contributed by atoms with Crippen molar-refractivity contribution < 1.29 is 24.0 Å². The van der Waals surface area contributed by atoms with Gasteiger partial charge in [0.1, 0.15) is 5.75 Å². The second kappa shape index (κ2) is 8.87. The summed E-state index contributed by atoms with van der Waals surface area (Å²) in [5.74, 6) is -0.612. The Morgan fingerprint density at radius 1 is 1.17 bits per heavy atom. The van der Waals surface area contributed by atoms with Gasteiger partial charge in [0.15, 0.2) is 11.9 Å². The monoisotopic (exact) mass is 415 g/mol. The van der Waals surface area contributed by atoms with Crippen molar-refractivity contribution in [3.63, 3.8) is 0 Å². The number of Topliss-reactive ketones (excluding diaryl/α,β-unsaturated/α-hetero) is 1. The number of fused-ring (bicyclic) bond motifs is 1. The minimum atomic E-state index is -1.16. The molecule has 0 spiro atoms. The highest BCUT2D eigenvalue weighted by molar-refractivity contribution is 6.34. The molecule has 0 aliphatic carbocycles. The van der Waals surface area contributed by atoms with Gasteiger partial charge in [-0.2, -0.15) is 0 Å². The van der Waals surface area contributed by atoms with E-state index in [2.05, 4.69) is 0 Å². The molecule has 0 unspecified atom stereocenters. The molecule has 0 fully saturated rings. The van der Waals surface area contributed by atoms with Crippen molar-refractivity contribution in [2.24, 2.45) is 0 Å². The number of hydrogen-bond acceptors (Lipinski definition) is 6. The van der Waals surface area contributed by atoms with Gasteiger partial charge in [0.2, 0.25) is 0 Å². The first-order chi connectivity index (χ1) is 13.9. The van der Waals surface area contributed by atoms with Gasteiger partial charge in [0.05, 0.1) is 23.0 Å².